The number of carbonyl (C=O) groups excluding carboxylic acids is 1. The molecule has 27 heavy (non-hydrogen) atoms. The van der Waals surface area contributed by atoms with Gasteiger partial charge < -0.3 is 14.1 Å². The lowest BCUT2D eigenvalue weighted by Crippen LogP contribution is -2.35. The number of amides is 1. The van der Waals surface area contributed by atoms with Crippen LogP contribution in [0.5, 0.6) is 0 Å². The van der Waals surface area contributed by atoms with Gasteiger partial charge in [0.1, 0.15) is 11.5 Å². The molecule has 0 N–H and O–H groups in total. The van der Waals surface area contributed by atoms with Crippen LogP contribution in [0.25, 0.3) is 0 Å². The maximum Gasteiger partial charge on any atom is 0.255 e. The van der Waals surface area contributed by atoms with E-state index in [0.29, 0.717) is 31.0 Å². The Morgan fingerprint density at radius 3 is 2.74 bits per heavy atom. The van der Waals surface area contributed by atoms with Crippen LogP contribution in [0.2, 0.25) is 0 Å². The molecule has 1 aliphatic heterocycles. The summed E-state index contributed by atoms with van der Waals surface area (Å²) in [5, 5.41) is 0. The van der Waals surface area contributed by atoms with Crippen LogP contribution in [0.3, 0.4) is 0 Å². The Hall–Kier alpha value is -2.99. The van der Waals surface area contributed by atoms with E-state index in [1.807, 2.05) is 49.4 Å². The van der Waals surface area contributed by atoms with E-state index in [-0.39, 0.29) is 12.0 Å². The Morgan fingerprint density at radius 2 is 2.04 bits per heavy atom. The molecule has 0 aliphatic carbocycles. The Kier molecular flexibility index (Phi) is 4.73. The number of aromatic nitrogens is 2. The van der Waals surface area contributed by atoms with Crippen LogP contribution in [-0.4, -0.2) is 34.4 Å². The molecular weight excluding hydrogens is 342 g/mol. The highest BCUT2D eigenvalue weighted by molar-refractivity contribution is 5.94. The topological polar surface area (TPSA) is 68.5 Å². The van der Waals surface area contributed by atoms with Crippen LogP contribution in [0.1, 0.15) is 45.1 Å². The fraction of sp³-hybridized carbons (Fsp3) is 0.286. The van der Waals surface area contributed by atoms with Crippen LogP contribution in [0.4, 0.5) is 0 Å². The molecule has 1 atom stereocenters. The van der Waals surface area contributed by atoms with E-state index in [9.17, 15) is 4.79 Å². The number of rotatable bonds is 4. The first-order valence-corrected chi connectivity index (χ1v) is 8.94. The van der Waals surface area contributed by atoms with E-state index in [2.05, 4.69) is 9.97 Å². The summed E-state index contributed by atoms with van der Waals surface area (Å²) in [6, 6.07) is 13.5. The first-order chi connectivity index (χ1) is 13.2. The number of ether oxygens (including phenoxy) is 1. The van der Waals surface area contributed by atoms with Crippen molar-refractivity contribution in [1.29, 1.82) is 0 Å². The second kappa shape index (κ2) is 7.32. The van der Waals surface area contributed by atoms with E-state index < -0.39 is 0 Å². The van der Waals surface area contributed by atoms with Gasteiger partial charge >= 0.3 is 0 Å². The first kappa shape index (κ1) is 17.4. The van der Waals surface area contributed by atoms with E-state index in [0.717, 1.165) is 22.7 Å². The second-order valence-corrected chi connectivity index (χ2v) is 6.61. The molecule has 0 radical (unpaired) electrons. The van der Waals surface area contributed by atoms with Crippen molar-refractivity contribution in [3.05, 3.63) is 82.8 Å². The van der Waals surface area contributed by atoms with Crippen molar-refractivity contribution in [3.8, 4) is 0 Å². The van der Waals surface area contributed by atoms with Crippen LogP contribution in [-0.2, 0) is 17.7 Å². The first-order valence-electron chi connectivity index (χ1n) is 8.94. The quantitative estimate of drug-likeness (QED) is 0.711. The van der Waals surface area contributed by atoms with Gasteiger partial charge in [-0.3, -0.25) is 9.78 Å². The predicted molar refractivity (Wildman–Crippen MR) is 99.2 cm³/mol. The molecule has 1 aromatic carbocycles. The summed E-state index contributed by atoms with van der Waals surface area (Å²) in [5.41, 5.74) is 3.26. The highest BCUT2D eigenvalue weighted by Crippen LogP contribution is 2.29. The molecule has 0 fully saturated rings. The zero-order chi connectivity index (χ0) is 18.8. The molecule has 3 aromatic rings. The van der Waals surface area contributed by atoms with Gasteiger partial charge in [0.15, 0.2) is 6.10 Å². The van der Waals surface area contributed by atoms with Crippen molar-refractivity contribution in [1.82, 2.24) is 14.9 Å². The molecule has 6 nitrogen and oxygen atoms in total. The number of hydrogen-bond acceptors (Lipinski definition) is 5. The van der Waals surface area contributed by atoms with Crippen molar-refractivity contribution >= 4 is 5.91 Å². The average Bonchev–Trinajstić information content (AvgIpc) is 3.12. The highest BCUT2D eigenvalue weighted by atomic mass is 16.5. The molecule has 4 rings (SSSR count). The number of carbonyl (C=O) groups is 1. The van der Waals surface area contributed by atoms with Crippen LogP contribution in [0, 0.1) is 6.92 Å². The normalized spacial score (nSPS) is 14.7. The Bertz CT molecular complexity index is 935. The number of fused-ring (bicyclic) bond motifs is 1. The van der Waals surface area contributed by atoms with E-state index >= 15 is 0 Å². The molecule has 1 aliphatic rings. The Morgan fingerprint density at radius 1 is 1.22 bits per heavy atom. The standard InChI is InChI=1S/C21H21N3O3/c1-14-8-9-16(12-22-14)21(25)24-11-10-18-17(13-24)23-20(27-18)19(26-2)15-6-4-3-5-7-15/h3-9,12,19H,10-11,13H2,1-2H3. The van der Waals surface area contributed by atoms with Gasteiger partial charge in [-0.25, -0.2) is 4.98 Å². The molecule has 0 spiro atoms. The molecule has 0 saturated carbocycles. The molecule has 1 unspecified atom stereocenters. The van der Waals surface area contributed by atoms with Crippen LogP contribution >= 0.6 is 0 Å². The summed E-state index contributed by atoms with van der Waals surface area (Å²) in [5.74, 6) is 1.32. The van der Waals surface area contributed by atoms with Crippen LogP contribution in [0.15, 0.2) is 53.1 Å². The lowest BCUT2D eigenvalue weighted by molar-refractivity contribution is 0.0726. The monoisotopic (exact) mass is 363 g/mol. The molecular formula is C21H21N3O3. The Balaban J connectivity index is 1.55. The van der Waals surface area contributed by atoms with Gasteiger partial charge in [-0.2, -0.15) is 0 Å². The SMILES string of the molecule is COC(c1ccccc1)c1nc2c(o1)CCN(C(=O)c1ccc(C)nc1)C2. The van der Waals surface area contributed by atoms with Crippen molar-refractivity contribution in [2.24, 2.45) is 0 Å². The fourth-order valence-electron chi connectivity index (χ4n) is 3.29. The molecule has 2 aromatic heterocycles. The summed E-state index contributed by atoms with van der Waals surface area (Å²) in [7, 11) is 1.64. The lowest BCUT2D eigenvalue weighted by Gasteiger charge is -2.25. The molecule has 3 heterocycles. The van der Waals surface area contributed by atoms with Gasteiger partial charge in [-0.05, 0) is 24.6 Å². The molecule has 1 amide bonds. The molecule has 0 bridgehead atoms. The lowest BCUT2D eigenvalue weighted by atomic mass is 10.1. The number of pyridine rings is 1. The zero-order valence-corrected chi connectivity index (χ0v) is 15.4. The number of methoxy groups -OCH3 is 1. The van der Waals surface area contributed by atoms with Crippen LogP contribution < -0.4 is 0 Å². The summed E-state index contributed by atoms with van der Waals surface area (Å²) in [4.78, 5) is 23.4. The number of aryl methyl sites for hydroxylation is 1. The van der Waals surface area contributed by atoms with Gasteiger partial charge in [0.25, 0.3) is 5.91 Å². The maximum absolute atomic E-state index is 12.7. The molecule has 138 valence electrons. The van der Waals surface area contributed by atoms with Crippen molar-refractivity contribution in [2.75, 3.05) is 13.7 Å². The van der Waals surface area contributed by atoms with Gasteiger partial charge in [0.2, 0.25) is 5.89 Å². The fourth-order valence-corrected chi connectivity index (χ4v) is 3.29. The van der Waals surface area contributed by atoms with Crippen molar-refractivity contribution in [2.45, 2.75) is 26.0 Å². The summed E-state index contributed by atoms with van der Waals surface area (Å²) < 4.78 is 11.6. The number of nitrogens with zero attached hydrogens (tertiary/aromatic N) is 3. The largest absolute Gasteiger partial charge is 0.442 e. The van der Waals surface area contributed by atoms with Gasteiger partial charge in [0, 0.05) is 32.0 Å². The minimum atomic E-state index is -0.359. The summed E-state index contributed by atoms with van der Waals surface area (Å²) in [6.07, 6.45) is 1.90. The van der Waals surface area contributed by atoms with Gasteiger partial charge in [0.05, 0.1) is 12.1 Å². The van der Waals surface area contributed by atoms with Crippen molar-refractivity contribution in [3.63, 3.8) is 0 Å². The van der Waals surface area contributed by atoms with E-state index in [1.54, 1.807) is 18.2 Å². The minimum absolute atomic E-state index is 0.0379. The molecule has 6 heteroatoms. The second-order valence-electron chi connectivity index (χ2n) is 6.61. The third kappa shape index (κ3) is 3.48. The summed E-state index contributed by atoms with van der Waals surface area (Å²) in [6.45, 7) is 2.92. The number of benzene rings is 1. The van der Waals surface area contributed by atoms with Gasteiger partial charge in [-0.1, -0.05) is 30.3 Å². The average molecular weight is 363 g/mol. The highest BCUT2D eigenvalue weighted by Gasteiger charge is 2.29. The third-order valence-electron chi connectivity index (χ3n) is 4.75. The molecule has 0 saturated heterocycles. The number of oxazole rings is 1. The maximum atomic E-state index is 12.7. The zero-order valence-electron chi connectivity index (χ0n) is 15.4. The summed E-state index contributed by atoms with van der Waals surface area (Å²) >= 11 is 0. The Labute approximate surface area is 157 Å². The van der Waals surface area contributed by atoms with E-state index in [1.165, 1.54) is 0 Å². The van der Waals surface area contributed by atoms with Crippen molar-refractivity contribution < 1.29 is 13.9 Å². The predicted octanol–water partition coefficient (Wildman–Crippen LogP) is 3.31. The smallest absolute Gasteiger partial charge is 0.255 e. The van der Waals surface area contributed by atoms with Gasteiger partial charge in [-0.15, -0.1) is 0 Å². The minimum Gasteiger partial charge on any atom is -0.442 e. The third-order valence-corrected chi connectivity index (χ3v) is 4.75. The number of hydrogen-bond donors (Lipinski definition) is 0. The van der Waals surface area contributed by atoms with E-state index in [4.69, 9.17) is 9.15 Å².